The number of nitrogens with zero attached hydrogens (tertiary/aromatic N) is 2. The Balaban J connectivity index is 1.55. The first-order chi connectivity index (χ1) is 10.1. The van der Waals surface area contributed by atoms with Crippen LogP contribution < -0.4 is 0 Å². The fraction of sp³-hybridized carbons (Fsp3) is 0.941. The van der Waals surface area contributed by atoms with Gasteiger partial charge in [0.05, 0.1) is 0 Å². The predicted molar refractivity (Wildman–Crippen MR) is 89.7 cm³/mol. The van der Waals surface area contributed by atoms with Gasteiger partial charge >= 0.3 is 0 Å². The molecule has 0 radical (unpaired) electrons. The second-order valence-corrected chi connectivity index (χ2v) is 9.24. The molecule has 1 atom stereocenters. The summed E-state index contributed by atoms with van der Waals surface area (Å²) in [7, 11) is 0. The van der Waals surface area contributed by atoms with Gasteiger partial charge in [-0.25, -0.2) is 0 Å². The SMILES string of the molecule is CC(C)SCCN1CCC[C@]2(CCC(=O)N(C3CC3)C2)C1. The van der Waals surface area contributed by atoms with Gasteiger partial charge in [-0.15, -0.1) is 0 Å². The number of carbonyl (C=O) groups is 1. The molecule has 0 unspecified atom stereocenters. The Morgan fingerprint density at radius 1 is 1.29 bits per heavy atom. The predicted octanol–water partition coefficient (Wildman–Crippen LogP) is 3.00. The molecule has 3 aliphatic rings. The summed E-state index contributed by atoms with van der Waals surface area (Å²) in [5.41, 5.74) is 0.414. The number of thioether (sulfide) groups is 1. The molecule has 2 aliphatic heterocycles. The monoisotopic (exact) mass is 310 g/mol. The van der Waals surface area contributed by atoms with Crippen LogP contribution >= 0.6 is 11.8 Å². The van der Waals surface area contributed by atoms with Crippen LogP contribution in [0.2, 0.25) is 0 Å². The molecule has 3 rings (SSSR count). The van der Waals surface area contributed by atoms with Crippen LogP contribution in [0.5, 0.6) is 0 Å². The van der Waals surface area contributed by atoms with Crippen molar-refractivity contribution >= 4 is 17.7 Å². The molecule has 1 saturated carbocycles. The second-order valence-electron chi connectivity index (χ2n) is 7.55. The highest BCUT2D eigenvalue weighted by Gasteiger charge is 2.45. The molecule has 1 aliphatic carbocycles. The molecular weight excluding hydrogens is 280 g/mol. The zero-order valence-corrected chi connectivity index (χ0v) is 14.5. The van der Waals surface area contributed by atoms with Crippen LogP contribution in [0.3, 0.4) is 0 Å². The number of likely N-dealkylation sites (tertiary alicyclic amines) is 2. The highest BCUT2D eigenvalue weighted by Crippen LogP contribution is 2.42. The quantitative estimate of drug-likeness (QED) is 0.780. The molecule has 1 amide bonds. The zero-order chi connectivity index (χ0) is 14.9. The van der Waals surface area contributed by atoms with Crippen molar-refractivity contribution in [2.75, 3.05) is 31.9 Å². The number of rotatable bonds is 5. The first-order valence-corrected chi connectivity index (χ1v) is 9.76. The van der Waals surface area contributed by atoms with Gasteiger partial charge in [-0.2, -0.15) is 11.8 Å². The molecule has 0 N–H and O–H groups in total. The maximum absolute atomic E-state index is 12.1. The Morgan fingerprint density at radius 3 is 2.81 bits per heavy atom. The lowest BCUT2D eigenvalue weighted by Crippen LogP contribution is -2.54. The fourth-order valence-electron chi connectivity index (χ4n) is 4.01. The van der Waals surface area contributed by atoms with Crippen LogP contribution in [-0.2, 0) is 4.79 Å². The van der Waals surface area contributed by atoms with E-state index in [0.29, 0.717) is 17.4 Å². The van der Waals surface area contributed by atoms with Crippen LogP contribution in [0.15, 0.2) is 0 Å². The van der Waals surface area contributed by atoms with Gasteiger partial charge in [0.1, 0.15) is 0 Å². The van der Waals surface area contributed by atoms with Crippen LogP contribution in [0.1, 0.15) is 52.4 Å². The summed E-state index contributed by atoms with van der Waals surface area (Å²) in [5, 5.41) is 0.737. The van der Waals surface area contributed by atoms with E-state index in [2.05, 4.69) is 35.4 Å². The van der Waals surface area contributed by atoms with E-state index in [0.717, 1.165) is 24.6 Å². The van der Waals surface area contributed by atoms with E-state index in [-0.39, 0.29) is 0 Å². The largest absolute Gasteiger partial charge is 0.339 e. The van der Waals surface area contributed by atoms with E-state index in [1.165, 1.54) is 51.1 Å². The number of amides is 1. The van der Waals surface area contributed by atoms with Gasteiger partial charge in [0.25, 0.3) is 0 Å². The van der Waals surface area contributed by atoms with Crippen molar-refractivity contribution in [2.45, 2.75) is 63.7 Å². The van der Waals surface area contributed by atoms with E-state index < -0.39 is 0 Å². The molecule has 0 aromatic rings. The summed E-state index contributed by atoms with van der Waals surface area (Å²) in [6.07, 6.45) is 7.07. The van der Waals surface area contributed by atoms with Gasteiger partial charge in [0, 0.05) is 43.3 Å². The lowest BCUT2D eigenvalue weighted by molar-refractivity contribution is -0.140. The Bertz CT molecular complexity index is 383. The Hall–Kier alpha value is -0.220. The van der Waals surface area contributed by atoms with Crippen molar-refractivity contribution in [3.63, 3.8) is 0 Å². The zero-order valence-electron chi connectivity index (χ0n) is 13.6. The smallest absolute Gasteiger partial charge is 0.222 e. The molecule has 21 heavy (non-hydrogen) atoms. The Kier molecular flexibility index (Phi) is 4.84. The fourth-order valence-corrected chi connectivity index (χ4v) is 4.85. The third-order valence-corrected chi connectivity index (χ3v) is 6.37. The first kappa shape index (κ1) is 15.7. The second kappa shape index (κ2) is 6.49. The maximum atomic E-state index is 12.1. The van der Waals surface area contributed by atoms with Crippen LogP contribution in [0.4, 0.5) is 0 Å². The molecule has 3 nitrogen and oxygen atoms in total. The van der Waals surface area contributed by atoms with Crippen molar-refractivity contribution in [1.29, 1.82) is 0 Å². The summed E-state index contributed by atoms with van der Waals surface area (Å²) < 4.78 is 0. The van der Waals surface area contributed by atoms with Crippen molar-refractivity contribution in [3.8, 4) is 0 Å². The van der Waals surface area contributed by atoms with Gasteiger partial charge in [-0.1, -0.05) is 13.8 Å². The average Bonchev–Trinajstić information content (AvgIpc) is 3.26. The molecule has 2 heterocycles. The van der Waals surface area contributed by atoms with Gasteiger partial charge in [0.15, 0.2) is 0 Å². The molecule has 1 spiro atoms. The van der Waals surface area contributed by atoms with Gasteiger partial charge in [-0.05, 0) is 43.9 Å². The van der Waals surface area contributed by atoms with Crippen LogP contribution in [-0.4, -0.2) is 58.9 Å². The summed E-state index contributed by atoms with van der Waals surface area (Å²) in [6.45, 7) is 9.32. The number of carbonyl (C=O) groups excluding carboxylic acids is 1. The molecule has 4 heteroatoms. The minimum atomic E-state index is 0.414. The third-order valence-electron chi connectivity index (χ3n) is 5.28. The number of piperidine rings is 2. The van der Waals surface area contributed by atoms with Crippen LogP contribution in [0.25, 0.3) is 0 Å². The highest BCUT2D eigenvalue weighted by atomic mass is 32.2. The first-order valence-electron chi connectivity index (χ1n) is 8.71. The normalized spacial score (nSPS) is 31.4. The third kappa shape index (κ3) is 3.95. The number of hydrogen-bond acceptors (Lipinski definition) is 3. The molecule has 0 bridgehead atoms. The van der Waals surface area contributed by atoms with Gasteiger partial charge in [0.2, 0.25) is 5.91 Å². The van der Waals surface area contributed by atoms with E-state index in [1.54, 1.807) is 0 Å². The lowest BCUT2D eigenvalue weighted by atomic mass is 9.73. The molecule has 2 saturated heterocycles. The highest BCUT2D eigenvalue weighted by molar-refractivity contribution is 7.99. The minimum Gasteiger partial charge on any atom is -0.339 e. The van der Waals surface area contributed by atoms with E-state index in [4.69, 9.17) is 0 Å². The molecular formula is C17H30N2OS. The number of hydrogen-bond donors (Lipinski definition) is 0. The minimum absolute atomic E-state index is 0.414. The van der Waals surface area contributed by atoms with E-state index >= 15 is 0 Å². The van der Waals surface area contributed by atoms with E-state index in [9.17, 15) is 4.79 Å². The average molecular weight is 311 g/mol. The molecule has 0 aromatic carbocycles. The van der Waals surface area contributed by atoms with Gasteiger partial charge in [-0.3, -0.25) is 4.79 Å². The summed E-state index contributed by atoms with van der Waals surface area (Å²) >= 11 is 2.07. The topological polar surface area (TPSA) is 23.6 Å². The Morgan fingerprint density at radius 2 is 2.10 bits per heavy atom. The summed E-state index contributed by atoms with van der Waals surface area (Å²) in [4.78, 5) is 17.0. The van der Waals surface area contributed by atoms with Crippen molar-refractivity contribution in [1.82, 2.24) is 9.80 Å². The lowest BCUT2D eigenvalue weighted by Gasteiger charge is -2.48. The molecule has 0 aromatic heterocycles. The van der Waals surface area contributed by atoms with Crippen molar-refractivity contribution in [2.24, 2.45) is 5.41 Å². The van der Waals surface area contributed by atoms with Crippen LogP contribution in [0, 0.1) is 5.41 Å². The standard InChI is InChI=1S/C17H30N2OS/c1-14(2)21-11-10-18-9-3-7-17(12-18)8-6-16(20)19(13-17)15-4-5-15/h14-15H,3-13H2,1-2H3/t17-/m0/s1. The van der Waals surface area contributed by atoms with E-state index in [1.807, 2.05) is 0 Å². The van der Waals surface area contributed by atoms with Gasteiger partial charge < -0.3 is 9.80 Å². The van der Waals surface area contributed by atoms with Crippen molar-refractivity contribution in [3.05, 3.63) is 0 Å². The molecule has 120 valence electrons. The van der Waals surface area contributed by atoms with Crippen molar-refractivity contribution < 1.29 is 4.79 Å². The summed E-state index contributed by atoms with van der Waals surface area (Å²) in [6, 6.07) is 0.599. The summed E-state index contributed by atoms with van der Waals surface area (Å²) in [5.74, 6) is 1.68. The Labute approximate surface area is 133 Å². The molecule has 3 fully saturated rings. The maximum Gasteiger partial charge on any atom is 0.222 e.